The van der Waals surface area contributed by atoms with Gasteiger partial charge in [-0.25, -0.2) is 13.4 Å². The summed E-state index contributed by atoms with van der Waals surface area (Å²) >= 11 is 0. The van der Waals surface area contributed by atoms with Crippen molar-refractivity contribution >= 4 is 27.7 Å². The summed E-state index contributed by atoms with van der Waals surface area (Å²) < 4.78 is 26.9. The van der Waals surface area contributed by atoms with Gasteiger partial charge in [0.2, 0.25) is 21.8 Å². The topological polar surface area (TPSA) is 108 Å². The molecule has 1 saturated heterocycles. The van der Waals surface area contributed by atoms with Gasteiger partial charge in [-0.15, -0.1) is 0 Å². The maximum atomic E-state index is 12.9. The molecule has 2 amide bonds. The number of aromatic nitrogens is 1. The van der Waals surface area contributed by atoms with Crippen molar-refractivity contribution in [2.75, 3.05) is 18.4 Å². The fourth-order valence-corrected chi connectivity index (χ4v) is 4.32. The molecule has 1 atom stereocenters. The van der Waals surface area contributed by atoms with Gasteiger partial charge in [-0.05, 0) is 24.3 Å². The average molecular weight is 374 g/mol. The van der Waals surface area contributed by atoms with Crippen LogP contribution < -0.4 is 10.6 Å². The summed E-state index contributed by atoms with van der Waals surface area (Å²) in [5, 5.41) is 5.18. The van der Waals surface area contributed by atoms with Crippen molar-refractivity contribution in [1.29, 1.82) is 0 Å². The van der Waals surface area contributed by atoms with Gasteiger partial charge in [0.15, 0.2) is 0 Å². The Morgan fingerprint density at radius 3 is 2.62 bits per heavy atom. The second-order valence-corrected chi connectivity index (χ2v) is 7.59. The highest BCUT2D eigenvalue weighted by molar-refractivity contribution is 7.89. The zero-order valence-corrected chi connectivity index (χ0v) is 14.6. The van der Waals surface area contributed by atoms with Crippen LogP contribution in [0.1, 0.15) is 6.42 Å². The second kappa shape index (κ2) is 7.63. The maximum absolute atomic E-state index is 12.9. The van der Waals surface area contributed by atoms with E-state index in [4.69, 9.17) is 0 Å². The van der Waals surface area contributed by atoms with Crippen LogP contribution in [0.2, 0.25) is 0 Å². The molecule has 0 aliphatic carbocycles. The van der Waals surface area contributed by atoms with Crippen LogP contribution in [0.5, 0.6) is 0 Å². The van der Waals surface area contributed by atoms with Crippen LogP contribution in [0.15, 0.2) is 59.6 Å². The van der Waals surface area contributed by atoms with Crippen LogP contribution in [-0.2, 0) is 19.6 Å². The number of nitrogens with one attached hydrogen (secondary N) is 2. The van der Waals surface area contributed by atoms with E-state index in [9.17, 15) is 18.0 Å². The molecule has 0 spiro atoms. The highest BCUT2D eigenvalue weighted by atomic mass is 32.2. The van der Waals surface area contributed by atoms with Crippen LogP contribution in [-0.4, -0.2) is 48.7 Å². The van der Waals surface area contributed by atoms with Crippen molar-refractivity contribution in [2.45, 2.75) is 17.4 Å². The summed E-state index contributed by atoms with van der Waals surface area (Å²) in [4.78, 5) is 28.6. The molecular weight excluding hydrogens is 356 g/mol. The first-order chi connectivity index (χ1) is 12.5. The lowest BCUT2D eigenvalue weighted by Gasteiger charge is -2.33. The molecule has 26 heavy (non-hydrogen) atoms. The number of rotatable bonds is 5. The number of benzene rings is 1. The monoisotopic (exact) mass is 374 g/mol. The van der Waals surface area contributed by atoms with Gasteiger partial charge in [-0.1, -0.05) is 24.3 Å². The van der Waals surface area contributed by atoms with E-state index in [0.29, 0.717) is 5.82 Å². The van der Waals surface area contributed by atoms with E-state index in [1.165, 1.54) is 18.3 Å². The lowest BCUT2D eigenvalue weighted by Crippen LogP contribution is -2.57. The number of nitrogens with zero attached hydrogens (tertiary/aromatic N) is 2. The zero-order valence-electron chi connectivity index (χ0n) is 13.8. The van der Waals surface area contributed by atoms with E-state index >= 15 is 0 Å². The number of anilines is 1. The molecule has 9 heteroatoms. The number of pyridine rings is 1. The largest absolute Gasteiger partial charge is 0.353 e. The molecule has 1 fully saturated rings. The Morgan fingerprint density at radius 2 is 1.92 bits per heavy atom. The second-order valence-electron chi connectivity index (χ2n) is 5.70. The van der Waals surface area contributed by atoms with Crippen LogP contribution in [0.25, 0.3) is 0 Å². The van der Waals surface area contributed by atoms with Crippen molar-refractivity contribution in [3.8, 4) is 0 Å². The normalized spacial score (nSPS) is 18.2. The number of piperazine rings is 1. The third kappa shape index (κ3) is 3.89. The molecule has 1 aromatic carbocycles. The van der Waals surface area contributed by atoms with Gasteiger partial charge in [0, 0.05) is 19.3 Å². The molecule has 1 aliphatic rings. The molecule has 8 nitrogen and oxygen atoms in total. The lowest BCUT2D eigenvalue weighted by molar-refractivity contribution is -0.130. The van der Waals surface area contributed by atoms with Crippen molar-refractivity contribution in [3.05, 3.63) is 54.7 Å². The number of carbonyl (C=O) groups is 2. The third-order valence-corrected chi connectivity index (χ3v) is 5.87. The van der Waals surface area contributed by atoms with E-state index in [-0.39, 0.29) is 24.4 Å². The smallest absolute Gasteiger partial charge is 0.243 e. The molecule has 136 valence electrons. The van der Waals surface area contributed by atoms with E-state index in [1.54, 1.807) is 36.4 Å². The predicted molar refractivity (Wildman–Crippen MR) is 94.6 cm³/mol. The Morgan fingerprint density at radius 1 is 1.19 bits per heavy atom. The minimum Gasteiger partial charge on any atom is -0.353 e. The van der Waals surface area contributed by atoms with Gasteiger partial charge in [0.25, 0.3) is 0 Å². The fraction of sp³-hybridized carbons (Fsp3) is 0.235. The van der Waals surface area contributed by atoms with E-state index < -0.39 is 27.9 Å². The molecule has 0 radical (unpaired) electrons. The number of hydrogen-bond acceptors (Lipinski definition) is 5. The summed E-state index contributed by atoms with van der Waals surface area (Å²) in [5.41, 5.74) is 0. The highest BCUT2D eigenvalue weighted by Crippen LogP contribution is 2.21. The van der Waals surface area contributed by atoms with Gasteiger partial charge in [-0.3, -0.25) is 9.59 Å². The summed E-state index contributed by atoms with van der Waals surface area (Å²) in [7, 11) is -3.89. The Bertz CT molecular complexity index is 887. The first-order valence-electron chi connectivity index (χ1n) is 8.04. The first-order valence-corrected chi connectivity index (χ1v) is 9.48. The van der Waals surface area contributed by atoms with E-state index in [2.05, 4.69) is 15.6 Å². The van der Waals surface area contributed by atoms with Gasteiger partial charge in [0.1, 0.15) is 11.9 Å². The number of carbonyl (C=O) groups excluding carboxylic acids is 2. The Kier molecular flexibility index (Phi) is 5.29. The average Bonchev–Trinajstić information content (AvgIpc) is 2.65. The number of sulfonamides is 1. The van der Waals surface area contributed by atoms with Gasteiger partial charge in [0.05, 0.1) is 11.3 Å². The van der Waals surface area contributed by atoms with E-state index in [1.807, 2.05) is 0 Å². The van der Waals surface area contributed by atoms with Crippen molar-refractivity contribution in [2.24, 2.45) is 0 Å². The third-order valence-electron chi connectivity index (χ3n) is 3.94. The summed E-state index contributed by atoms with van der Waals surface area (Å²) in [6.45, 7) is 0.299. The Hall–Kier alpha value is -2.78. The Labute approximate surface area is 151 Å². The summed E-state index contributed by atoms with van der Waals surface area (Å²) in [6.07, 6.45) is 1.23. The number of amides is 2. The molecule has 2 aromatic rings. The van der Waals surface area contributed by atoms with Crippen LogP contribution >= 0.6 is 0 Å². The van der Waals surface area contributed by atoms with Crippen LogP contribution in [0.3, 0.4) is 0 Å². The molecule has 3 rings (SSSR count). The molecule has 0 saturated carbocycles. The molecular formula is C17H18N4O4S. The van der Waals surface area contributed by atoms with Crippen LogP contribution in [0.4, 0.5) is 5.82 Å². The van der Waals surface area contributed by atoms with Crippen LogP contribution in [0, 0.1) is 0 Å². The van der Waals surface area contributed by atoms with E-state index in [0.717, 1.165) is 4.31 Å². The van der Waals surface area contributed by atoms with Crippen molar-refractivity contribution in [3.63, 3.8) is 0 Å². The molecule has 2 heterocycles. The molecule has 2 N–H and O–H groups in total. The molecule has 1 aromatic heterocycles. The Balaban J connectivity index is 1.81. The predicted octanol–water partition coefficient (Wildman–Crippen LogP) is 0.599. The molecule has 0 bridgehead atoms. The van der Waals surface area contributed by atoms with Crippen molar-refractivity contribution in [1.82, 2.24) is 14.6 Å². The quantitative estimate of drug-likeness (QED) is 0.797. The summed E-state index contributed by atoms with van der Waals surface area (Å²) in [6, 6.07) is 11.8. The molecule has 1 unspecified atom stereocenters. The van der Waals surface area contributed by atoms with Crippen molar-refractivity contribution < 1.29 is 18.0 Å². The first kappa shape index (κ1) is 18.0. The minimum atomic E-state index is -3.89. The highest BCUT2D eigenvalue weighted by Gasteiger charge is 2.39. The van der Waals surface area contributed by atoms with Gasteiger partial charge in [-0.2, -0.15) is 4.31 Å². The standard InChI is InChI=1S/C17H18N4O4S/c22-16(20-15-8-4-5-9-18-15)12-14-17(23)19-10-11-21(14)26(24,25)13-6-2-1-3-7-13/h1-9,14H,10-12H2,(H,19,23)(H,18,20,22). The summed E-state index contributed by atoms with van der Waals surface area (Å²) in [5.74, 6) is -0.642. The lowest BCUT2D eigenvalue weighted by atomic mass is 10.1. The minimum absolute atomic E-state index is 0.0878. The number of hydrogen-bond donors (Lipinski definition) is 2. The van der Waals surface area contributed by atoms with Gasteiger partial charge < -0.3 is 10.6 Å². The molecule has 1 aliphatic heterocycles. The van der Waals surface area contributed by atoms with Gasteiger partial charge >= 0.3 is 0 Å². The maximum Gasteiger partial charge on any atom is 0.243 e. The fourth-order valence-electron chi connectivity index (χ4n) is 2.71. The SMILES string of the molecule is O=C(CC1C(=O)NCCN1S(=O)(=O)c1ccccc1)Nc1ccccn1. The zero-order chi connectivity index (χ0) is 18.6.